The van der Waals surface area contributed by atoms with Crippen molar-refractivity contribution in [1.82, 2.24) is 14.4 Å². The monoisotopic (exact) mass is 423 g/mol. The van der Waals surface area contributed by atoms with Crippen molar-refractivity contribution in [2.45, 2.75) is 26.9 Å². The number of carbonyl (C=O) groups is 1. The Bertz CT molecular complexity index is 996. The largest absolute Gasteiger partial charge is 0.494 e. The normalized spacial score (nSPS) is 12.3. The van der Waals surface area contributed by atoms with Crippen molar-refractivity contribution in [2.75, 3.05) is 39.8 Å². The van der Waals surface area contributed by atoms with E-state index in [-0.39, 0.29) is 12.5 Å². The molecule has 1 amide bonds. The van der Waals surface area contributed by atoms with E-state index >= 15 is 0 Å². The molecule has 0 spiro atoms. The fraction of sp³-hybridized carbons (Fsp3) is 0.400. The molecule has 6 nitrogen and oxygen atoms in total. The number of amides is 1. The van der Waals surface area contributed by atoms with Crippen molar-refractivity contribution in [3.05, 3.63) is 60.3 Å². The zero-order valence-electron chi connectivity index (χ0n) is 18.9. The second-order valence-electron chi connectivity index (χ2n) is 7.55. The third kappa shape index (κ3) is 4.75. The van der Waals surface area contributed by atoms with Crippen molar-refractivity contribution in [3.63, 3.8) is 0 Å². The van der Waals surface area contributed by atoms with Crippen molar-refractivity contribution >= 4 is 16.8 Å². The molecule has 1 heterocycles. The summed E-state index contributed by atoms with van der Waals surface area (Å²) in [6, 6.07) is 17.7. The molecule has 1 aromatic heterocycles. The smallest absolute Gasteiger partial charge is 0.274 e. The number of ether oxygens (including phenoxy) is 1. The molecule has 0 radical (unpaired) electrons. The first-order valence-electron chi connectivity index (χ1n) is 11.0. The second kappa shape index (κ2) is 10.5. The SMILES string of the molecule is CCN(CC)CC(O)CN(CC)C(=O)c1c(OC)c2ccccc2n1-c1ccccc1. The van der Waals surface area contributed by atoms with Crippen LogP contribution < -0.4 is 4.74 Å². The van der Waals surface area contributed by atoms with Gasteiger partial charge in [0.2, 0.25) is 0 Å². The predicted octanol–water partition coefficient (Wildman–Crippen LogP) is 3.80. The highest BCUT2D eigenvalue weighted by Crippen LogP contribution is 2.36. The quantitative estimate of drug-likeness (QED) is 0.539. The molecule has 0 fully saturated rings. The van der Waals surface area contributed by atoms with Gasteiger partial charge < -0.3 is 24.2 Å². The lowest BCUT2D eigenvalue weighted by Crippen LogP contribution is -2.43. The molecule has 0 aliphatic carbocycles. The maximum Gasteiger partial charge on any atom is 0.274 e. The lowest BCUT2D eigenvalue weighted by Gasteiger charge is -2.28. The van der Waals surface area contributed by atoms with Gasteiger partial charge in [0.15, 0.2) is 11.4 Å². The number of para-hydroxylation sites is 2. The summed E-state index contributed by atoms with van der Waals surface area (Å²) in [5.74, 6) is 0.402. The molecule has 0 bridgehead atoms. The number of hydrogen-bond donors (Lipinski definition) is 1. The molecule has 6 heteroatoms. The minimum Gasteiger partial charge on any atom is -0.494 e. The number of rotatable bonds is 10. The molecule has 3 rings (SSSR count). The van der Waals surface area contributed by atoms with Gasteiger partial charge in [-0.2, -0.15) is 0 Å². The lowest BCUT2D eigenvalue weighted by atomic mass is 10.2. The van der Waals surface area contributed by atoms with Crippen LogP contribution in [0.15, 0.2) is 54.6 Å². The number of aliphatic hydroxyl groups excluding tert-OH is 1. The highest BCUT2D eigenvalue weighted by molar-refractivity contribution is 6.05. The van der Waals surface area contributed by atoms with Gasteiger partial charge in [0, 0.05) is 30.7 Å². The van der Waals surface area contributed by atoms with Gasteiger partial charge in [-0.05, 0) is 44.3 Å². The Hall–Kier alpha value is -2.83. The Morgan fingerprint density at radius 3 is 2.23 bits per heavy atom. The van der Waals surface area contributed by atoms with Crippen molar-refractivity contribution < 1.29 is 14.6 Å². The number of aromatic nitrogens is 1. The van der Waals surface area contributed by atoms with Crippen LogP contribution >= 0.6 is 0 Å². The fourth-order valence-corrected chi connectivity index (χ4v) is 4.05. The minimum atomic E-state index is -0.621. The molecule has 31 heavy (non-hydrogen) atoms. The standard InChI is InChI=1S/C25H33N3O3/c1-5-26(6-2)17-20(29)18-27(7-3)25(30)23-24(31-4)21-15-11-12-16-22(21)28(23)19-13-9-8-10-14-19/h8-16,20,29H,5-7,17-18H2,1-4H3. The Morgan fingerprint density at radius 1 is 0.968 bits per heavy atom. The molecule has 0 aliphatic rings. The number of benzene rings is 2. The highest BCUT2D eigenvalue weighted by Gasteiger charge is 2.29. The fourth-order valence-electron chi connectivity index (χ4n) is 4.05. The molecular formula is C25H33N3O3. The van der Waals surface area contributed by atoms with E-state index in [9.17, 15) is 9.90 Å². The van der Waals surface area contributed by atoms with Crippen LogP contribution in [0.3, 0.4) is 0 Å². The first-order valence-corrected chi connectivity index (χ1v) is 11.0. The van der Waals surface area contributed by atoms with Gasteiger partial charge in [0.25, 0.3) is 5.91 Å². The van der Waals surface area contributed by atoms with Crippen LogP contribution in [0, 0.1) is 0 Å². The van der Waals surface area contributed by atoms with Gasteiger partial charge in [-0.25, -0.2) is 0 Å². The van der Waals surface area contributed by atoms with E-state index in [1.54, 1.807) is 12.0 Å². The summed E-state index contributed by atoms with van der Waals surface area (Å²) >= 11 is 0. The number of aliphatic hydroxyl groups is 1. The average Bonchev–Trinajstić information content (AvgIpc) is 3.15. The number of carbonyl (C=O) groups excluding carboxylic acids is 1. The van der Waals surface area contributed by atoms with Gasteiger partial charge in [-0.3, -0.25) is 4.79 Å². The van der Waals surface area contributed by atoms with Crippen LogP contribution in [-0.4, -0.2) is 71.3 Å². The van der Waals surface area contributed by atoms with Gasteiger partial charge in [0.1, 0.15) is 0 Å². The third-order valence-electron chi connectivity index (χ3n) is 5.71. The van der Waals surface area contributed by atoms with Gasteiger partial charge in [-0.15, -0.1) is 0 Å². The van der Waals surface area contributed by atoms with Crippen molar-refractivity contribution in [2.24, 2.45) is 0 Å². The van der Waals surface area contributed by atoms with Crippen LogP contribution in [0.4, 0.5) is 0 Å². The van der Waals surface area contributed by atoms with Crippen molar-refractivity contribution in [1.29, 1.82) is 0 Å². The number of hydrogen-bond acceptors (Lipinski definition) is 4. The summed E-state index contributed by atoms with van der Waals surface area (Å²) in [4.78, 5) is 17.6. The first kappa shape index (κ1) is 22.8. The first-order chi connectivity index (χ1) is 15.0. The second-order valence-corrected chi connectivity index (χ2v) is 7.55. The Kier molecular flexibility index (Phi) is 7.71. The van der Waals surface area contributed by atoms with Crippen LogP contribution in [0.1, 0.15) is 31.3 Å². The van der Waals surface area contributed by atoms with E-state index in [0.717, 1.165) is 29.7 Å². The number of methoxy groups -OCH3 is 1. The van der Waals surface area contributed by atoms with E-state index in [4.69, 9.17) is 4.74 Å². The Morgan fingerprint density at radius 2 is 1.61 bits per heavy atom. The van der Waals surface area contributed by atoms with Crippen LogP contribution in [0.5, 0.6) is 5.75 Å². The maximum absolute atomic E-state index is 13.8. The highest BCUT2D eigenvalue weighted by atomic mass is 16.5. The summed E-state index contributed by atoms with van der Waals surface area (Å²) in [5, 5.41) is 11.5. The van der Waals surface area contributed by atoms with Crippen LogP contribution in [-0.2, 0) is 0 Å². The van der Waals surface area contributed by atoms with E-state index in [2.05, 4.69) is 18.7 Å². The number of fused-ring (bicyclic) bond motifs is 1. The molecule has 1 N–H and O–H groups in total. The van der Waals surface area contributed by atoms with Gasteiger partial charge >= 0.3 is 0 Å². The number of likely N-dealkylation sites (N-methyl/N-ethyl adjacent to an activating group) is 2. The summed E-state index contributed by atoms with van der Waals surface area (Å²) in [6.07, 6.45) is -0.621. The molecule has 1 unspecified atom stereocenters. The summed E-state index contributed by atoms with van der Waals surface area (Å²) < 4.78 is 7.70. The summed E-state index contributed by atoms with van der Waals surface area (Å²) in [5.41, 5.74) is 2.28. The van der Waals surface area contributed by atoms with E-state index in [1.165, 1.54) is 0 Å². The third-order valence-corrected chi connectivity index (χ3v) is 5.71. The summed E-state index contributed by atoms with van der Waals surface area (Å²) in [6.45, 7) is 9.11. The van der Waals surface area contributed by atoms with Crippen LogP contribution in [0.25, 0.3) is 16.6 Å². The molecule has 1 atom stereocenters. The molecule has 2 aromatic carbocycles. The van der Waals surface area contributed by atoms with E-state index in [1.807, 2.05) is 66.1 Å². The predicted molar refractivity (Wildman–Crippen MR) is 125 cm³/mol. The zero-order valence-corrected chi connectivity index (χ0v) is 18.9. The average molecular weight is 424 g/mol. The van der Waals surface area contributed by atoms with E-state index in [0.29, 0.717) is 24.5 Å². The van der Waals surface area contributed by atoms with Gasteiger partial charge in [-0.1, -0.05) is 44.2 Å². The van der Waals surface area contributed by atoms with Crippen LogP contribution in [0.2, 0.25) is 0 Å². The molecular weight excluding hydrogens is 390 g/mol. The lowest BCUT2D eigenvalue weighted by molar-refractivity contribution is 0.0542. The number of nitrogens with zero attached hydrogens (tertiary/aromatic N) is 3. The minimum absolute atomic E-state index is 0.155. The molecule has 166 valence electrons. The maximum atomic E-state index is 13.8. The Labute approximate surface area is 184 Å². The summed E-state index contributed by atoms with van der Waals surface area (Å²) in [7, 11) is 1.60. The molecule has 0 saturated carbocycles. The zero-order chi connectivity index (χ0) is 22.4. The molecule has 0 saturated heterocycles. The molecule has 0 aliphatic heterocycles. The topological polar surface area (TPSA) is 57.9 Å². The van der Waals surface area contributed by atoms with Crippen molar-refractivity contribution in [3.8, 4) is 11.4 Å². The van der Waals surface area contributed by atoms with Gasteiger partial charge in [0.05, 0.1) is 18.7 Å². The molecule has 3 aromatic rings. The Balaban J connectivity index is 2.05. The van der Waals surface area contributed by atoms with E-state index < -0.39 is 6.10 Å².